The van der Waals surface area contributed by atoms with Gasteiger partial charge in [-0.3, -0.25) is 9.78 Å². The van der Waals surface area contributed by atoms with Crippen molar-refractivity contribution in [1.29, 1.82) is 0 Å². The molecular formula is C28H35N3O4. The second kappa shape index (κ2) is 10.2. The molecule has 7 heteroatoms. The first-order chi connectivity index (χ1) is 16.7. The highest BCUT2D eigenvalue weighted by atomic mass is 16.5. The molecule has 4 rings (SSSR count). The van der Waals surface area contributed by atoms with Crippen molar-refractivity contribution >= 4 is 22.8 Å². The molecule has 1 amide bonds. The molecule has 0 radical (unpaired) electrons. The highest BCUT2D eigenvalue weighted by Gasteiger charge is 2.51. The minimum absolute atomic E-state index is 0.159. The number of aryl methyl sites for hydroxylation is 1. The number of benzene rings is 1. The minimum atomic E-state index is -1.04. The van der Waals surface area contributed by atoms with Crippen LogP contribution < -0.4 is 5.73 Å². The Bertz CT molecular complexity index is 1170. The molecule has 2 aliphatic rings. The molecule has 0 bridgehead atoms. The molecule has 1 aromatic carbocycles. The fourth-order valence-electron chi connectivity index (χ4n) is 5.12. The maximum Gasteiger partial charge on any atom is 0.328 e. The number of hydrogen-bond acceptors (Lipinski definition) is 6. The summed E-state index contributed by atoms with van der Waals surface area (Å²) in [6.45, 7) is 6.92. The maximum absolute atomic E-state index is 13.4. The number of likely N-dealkylation sites (tertiary alicyclic amines) is 1. The van der Waals surface area contributed by atoms with Gasteiger partial charge in [0.05, 0.1) is 12.6 Å². The molecule has 1 aromatic heterocycles. The Kier molecular flexibility index (Phi) is 7.26. The van der Waals surface area contributed by atoms with E-state index >= 15 is 0 Å². The largest absolute Gasteiger partial charge is 0.489 e. The molecule has 1 fully saturated rings. The number of hydrogen-bond donors (Lipinski definition) is 1. The number of ether oxygens (including phenoxy) is 2. The Labute approximate surface area is 207 Å². The predicted octanol–water partition coefficient (Wildman–Crippen LogP) is 4.04. The number of amides is 1. The van der Waals surface area contributed by atoms with E-state index in [1.165, 1.54) is 7.11 Å². The fourth-order valence-corrected chi connectivity index (χ4v) is 5.12. The zero-order valence-corrected chi connectivity index (χ0v) is 21.0. The van der Waals surface area contributed by atoms with E-state index in [0.29, 0.717) is 32.4 Å². The first-order valence-electron chi connectivity index (χ1n) is 12.3. The molecule has 35 heavy (non-hydrogen) atoms. The van der Waals surface area contributed by atoms with Crippen LogP contribution in [0.2, 0.25) is 0 Å². The van der Waals surface area contributed by atoms with Crippen molar-refractivity contribution in [2.75, 3.05) is 13.7 Å². The minimum Gasteiger partial charge on any atom is -0.489 e. The molecule has 2 aromatic rings. The summed E-state index contributed by atoms with van der Waals surface area (Å²) in [6, 6.07) is 9.49. The summed E-state index contributed by atoms with van der Waals surface area (Å²) in [4.78, 5) is 32.0. The van der Waals surface area contributed by atoms with Gasteiger partial charge in [0.2, 0.25) is 5.91 Å². The average Bonchev–Trinajstić information content (AvgIpc) is 3.15. The SMILES string of the molecule is COC(=O)[C@@H](CC(C)C)N1CC[C@@](N)(C2C=CC(OCc3cc(C)nc4ccccc34)=CC2)C1=O. The van der Waals surface area contributed by atoms with Crippen molar-refractivity contribution in [1.82, 2.24) is 9.88 Å². The van der Waals surface area contributed by atoms with Gasteiger partial charge in [-0.1, -0.05) is 38.1 Å². The van der Waals surface area contributed by atoms with Gasteiger partial charge in [-0.2, -0.15) is 0 Å². The number of methoxy groups -OCH3 is 1. The van der Waals surface area contributed by atoms with Crippen molar-refractivity contribution in [3.63, 3.8) is 0 Å². The number of pyridine rings is 1. The van der Waals surface area contributed by atoms with Crippen LogP contribution in [0.3, 0.4) is 0 Å². The highest BCUT2D eigenvalue weighted by molar-refractivity contribution is 5.93. The Balaban J connectivity index is 1.42. The molecule has 2 heterocycles. The standard InChI is InChI=1S/C28H35N3O4/c1-18(2)15-25(26(32)34-4)31-14-13-28(29,27(31)33)21-9-11-22(12-10-21)35-17-20-16-19(3)30-24-8-6-5-7-23(20)24/h5-9,11-12,16,18,21,25H,10,13-15,17,29H2,1-4H3/t21?,25-,28-/m1/s1. The number of nitrogens with zero attached hydrogens (tertiary/aromatic N) is 2. The topological polar surface area (TPSA) is 94.8 Å². The van der Waals surface area contributed by atoms with Crippen LogP contribution in [-0.4, -0.2) is 47.0 Å². The van der Waals surface area contributed by atoms with Crippen molar-refractivity contribution in [2.24, 2.45) is 17.6 Å². The number of esters is 1. The number of aromatic nitrogens is 1. The Morgan fingerprint density at radius 1 is 1.31 bits per heavy atom. The molecule has 0 spiro atoms. The Morgan fingerprint density at radius 3 is 2.77 bits per heavy atom. The van der Waals surface area contributed by atoms with E-state index in [2.05, 4.69) is 11.1 Å². The van der Waals surface area contributed by atoms with Gasteiger partial charge in [0.25, 0.3) is 0 Å². The van der Waals surface area contributed by atoms with E-state index in [1.807, 2.05) is 63.3 Å². The number of allylic oxidation sites excluding steroid dienone is 2. The third-order valence-corrected chi connectivity index (χ3v) is 7.02. The molecule has 3 atom stereocenters. The normalized spacial score (nSPS) is 23.0. The Morgan fingerprint density at radius 2 is 2.09 bits per heavy atom. The van der Waals surface area contributed by atoms with Gasteiger partial charge in [0, 0.05) is 29.1 Å². The van der Waals surface area contributed by atoms with Crippen molar-refractivity contribution < 1.29 is 19.1 Å². The van der Waals surface area contributed by atoms with E-state index < -0.39 is 11.6 Å². The molecule has 7 nitrogen and oxygen atoms in total. The van der Waals surface area contributed by atoms with E-state index in [0.717, 1.165) is 27.9 Å². The fraction of sp³-hybridized carbons (Fsp3) is 0.464. The van der Waals surface area contributed by atoms with E-state index in [9.17, 15) is 9.59 Å². The van der Waals surface area contributed by atoms with Crippen LogP contribution in [0.25, 0.3) is 10.9 Å². The first kappa shape index (κ1) is 24.9. The third kappa shape index (κ3) is 5.10. The number of fused-ring (bicyclic) bond motifs is 1. The lowest BCUT2D eigenvalue weighted by Gasteiger charge is -2.33. The van der Waals surface area contributed by atoms with Crippen LogP contribution in [0.4, 0.5) is 0 Å². The van der Waals surface area contributed by atoms with Gasteiger partial charge in [-0.15, -0.1) is 0 Å². The van der Waals surface area contributed by atoms with Crippen LogP contribution in [-0.2, 0) is 25.7 Å². The lowest BCUT2D eigenvalue weighted by atomic mass is 9.79. The van der Waals surface area contributed by atoms with Crippen molar-refractivity contribution in [3.05, 3.63) is 65.6 Å². The van der Waals surface area contributed by atoms with Crippen LogP contribution in [0.5, 0.6) is 0 Å². The summed E-state index contributed by atoms with van der Waals surface area (Å²) < 4.78 is 11.1. The molecule has 2 N–H and O–H groups in total. The van der Waals surface area contributed by atoms with E-state index in [4.69, 9.17) is 15.2 Å². The van der Waals surface area contributed by atoms with Gasteiger partial charge in [-0.25, -0.2) is 4.79 Å². The predicted molar refractivity (Wildman–Crippen MR) is 135 cm³/mol. The maximum atomic E-state index is 13.4. The quantitative estimate of drug-likeness (QED) is 0.577. The molecule has 186 valence electrons. The summed E-state index contributed by atoms with van der Waals surface area (Å²) >= 11 is 0. The number of nitrogens with two attached hydrogens (primary N) is 1. The van der Waals surface area contributed by atoms with E-state index in [-0.39, 0.29) is 23.7 Å². The monoisotopic (exact) mass is 477 g/mol. The smallest absolute Gasteiger partial charge is 0.328 e. The second-order valence-electron chi connectivity index (χ2n) is 9.99. The van der Waals surface area contributed by atoms with Crippen LogP contribution >= 0.6 is 0 Å². The van der Waals surface area contributed by atoms with Gasteiger partial charge in [-0.05, 0) is 56.4 Å². The molecule has 1 unspecified atom stereocenters. The molecule has 1 saturated heterocycles. The highest BCUT2D eigenvalue weighted by Crippen LogP contribution is 2.36. The second-order valence-corrected chi connectivity index (χ2v) is 9.99. The summed E-state index contributed by atoms with van der Waals surface area (Å²) in [7, 11) is 1.36. The number of carbonyl (C=O) groups is 2. The summed E-state index contributed by atoms with van der Waals surface area (Å²) in [5.41, 5.74) is 8.64. The number of rotatable bonds is 8. The summed E-state index contributed by atoms with van der Waals surface area (Å²) in [5.74, 6) is 0.287. The third-order valence-electron chi connectivity index (χ3n) is 7.02. The van der Waals surface area contributed by atoms with Crippen molar-refractivity contribution in [2.45, 2.75) is 58.2 Å². The Hall–Kier alpha value is -3.19. The average molecular weight is 478 g/mol. The van der Waals surface area contributed by atoms with Crippen LogP contribution in [0, 0.1) is 18.8 Å². The zero-order valence-electron chi connectivity index (χ0n) is 21.0. The molecular weight excluding hydrogens is 442 g/mol. The van der Waals surface area contributed by atoms with Gasteiger partial charge < -0.3 is 20.1 Å². The lowest BCUT2D eigenvalue weighted by Crippen LogP contribution is -2.56. The summed E-state index contributed by atoms with van der Waals surface area (Å²) in [5, 5.41) is 1.08. The number of para-hydroxylation sites is 1. The van der Waals surface area contributed by atoms with Gasteiger partial charge >= 0.3 is 5.97 Å². The van der Waals surface area contributed by atoms with Crippen LogP contribution in [0.15, 0.2) is 54.3 Å². The zero-order chi connectivity index (χ0) is 25.2. The lowest BCUT2D eigenvalue weighted by molar-refractivity contribution is -0.153. The molecule has 1 aliphatic carbocycles. The van der Waals surface area contributed by atoms with Gasteiger partial charge in [0.15, 0.2) is 0 Å². The first-order valence-corrected chi connectivity index (χ1v) is 12.3. The molecule has 1 aliphatic heterocycles. The van der Waals surface area contributed by atoms with Crippen molar-refractivity contribution in [3.8, 4) is 0 Å². The number of carbonyl (C=O) groups excluding carboxylic acids is 2. The van der Waals surface area contributed by atoms with Crippen LogP contribution in [0.1, 0.15) is 44.4 Å². The summed E-state index contributed by atoms with van der Waals surface area (Å²) in [6.07, 6.45) is 7.53. The van der Waals surface area contributed by atoms with Gasteiger partial charge in [0.1, 0.15) is 23.9 Å². The molecule has 0 saturated carbocycles. The van der Waals surface area contributed by atoms with E-state index in [1.54, 1.807) is 4.90 Å².